The van der Waals surface area contributed by atoms with E-state index in [0.717, 1.165) is 16.3 Å². The van der Waals surface area contributed by atoms with Crippen LogP contribution in [0, 0.1) is 0 Å². The van der Waals surface area contributed by atoms with Gasteiger partial charge < -0.3 is 9.47 Å². The summed E-state index contributed by atoms with van der Waals surface area (Å²) in [5.41, 5.74) is 0.861. The van der Waals surface area contributed by atoms with Crippen LogP contribution in [0.3, 0.4) is 0 Å². The van der Waals surface area contributed by atoms with Gasteiger partial charge in [0.2, 0.25) is 0 Å². The lowest BCUT2D eigenvalue weighted by molar-refractivity contribution is -0.104. The second-order valence-electron chi connectivity index (χ2n) is 2.72. The Morgan fingerprint density at radius 1 is 1.20 bits per heavy atom. The Hall–Kier alpha value is -1.29. The molecule has 0 N–H and O–H groups in total. The first-order valence-electron chi connectivity index (χ1n) is 4.26. The van der Waals surface area contributed by atoms with Gasteiger partial charge in [0.15, 0.2) is 11.5 Å². The molecule has 0 radical (unpaired) electrons. The van der Waals surface area contributed by atoms with Crippen molar-refractivity contribution in [1.29, 1.82) is 0 Å². The summed E-state index contributed by atoms with van der Waals surface area (Å²) in [6.45, 7) is 0. The van der Waals surface area contributed by atoms with Gasteiger partial charge in [0.25, 0.3) is 0 Å². The van der Waals surface area contributed by atoms with Gasteiger partial charge in [0.1, 0.15) is 6.29 Å². The van der Waals surface area contributed by atoms with Gasteiger partial charge in [0, 0.05) is 4.47 Å². The smallest absolute Gasteiger partial charge is 0.161 e. The van der Waals surface area contributed by atoms with Crippen molar-refractivity contribution in [2.24, 2.45) is 0 Å². The van der Waals surface area contributed by atoms with E-state index in [1.165, 1.54) is 6.08 Å². The standard InChI is InChI=1S/C11H11BrO3/c1-14-10-6-8(4-3-5-13)9(12)7-11(10)15-2/h3-7H,1-2H3/b4-3+. The second-order valence-corrected chi connectivity index (χ2v) is 3.58. The van der Waals surface area contributed by atoms with Gasteiger partial charge in [-0.3, -0.25) is 4.79 Å². The van der Waals surface area contributed by atoms with Crippen molar-refractivity contribution in [3.05, 3.63) is 28.2 Å². The minimum atomic E-state index is 0.631. The number of benzene rings is 1. The number of hydrogen-bond acceptors (Lipinski definition) is 3. The van der Waals surface area contributed by atoms with Gasteiger partial charge in [-0.25, -0.2) is 0 Å². The zero-order valence-corrected chi connectivity index (χ0v) is 10.1. The summed E-state index contributed by atoms with van der Waals surface area (Å²) in [5.74, 6) is 1.28. The first-order chi connectivity index (χ1) is 7.22. The van der Waals surface area contributed by atoms with Crippen LogP contribution < -0.4 is 9.47 Å². The number of halogens is 1. The third kappa shape index (κ3) is 2.83. The molecule has 0 atom stereocenters. The maximum Gasteiger partial charge on any atom is 0.161 e. The van der Waals surface area contributed by atoms with Crippen LogP contribution >= 0.6 is 15.9 Å². The maximum absolute atomic E-state index is 10.2. The molecule has 0 spiro atoms. The number of aldehydes is 1. The van der Waals surface area contributed by atoms with Crippen molar-refractivity contribution >= 4 is 28.3 Å². The molecule has 80 valence electrons. The Balaban J connectivity index is 3.19. The van der Waals surface area contributed by atoms with Crippen molar-refractivity contribution in [3.63, 3.8) is 0 Å². The van der Waals surface area contributed by atoms with Crippen LogP contribution in [-0.2, 0) is 4.79 Å². The molecule has 4 heteroatoms. The summed E-state index contributed by atoms with van der Waals surface area (Å²) in [7, 11) is 3.14. The summed E-state index contributed by atoms with van der Waals surface area (Å²) in [5, 5.41) is 0. The third-order valence-electron chi connectivity index (χ3n) is 1.86. The molecular weight excluding hydrogens is 260 g/mol. The Morgan fingerprint density at radius 3 is 2.33 bits per heavy atom. The van der Waals surface area contributed by atoms with Gasteiger partial charge >= 0.3 is 0 Å². The van der Waals surface area contributed by atoms with Crippen molar-refractivity contribution < 1.29 is 14.3 Å². The molecule has 0 bridgehead atoms. The van der Waals surface area contributed by atoms with Crippen molar-refractivity contribution in [1.82, 2.24) is 0 Å². The fourth-order valence-electron chi connectivity index (χ4n) is 1.14. The molecule has 0 aliphatic heterocycles. The van der Waals surface area contributed by atoms with Crippen LogP contribution in [0.15, 0.2) is 22.7 Å². The minimum absolute atomic E-state index is 0.631. The van der Waals surface area contributed by atoms with E-state index in [4.69, 9.17) is 9.47 Å². The summed E-state index contributed by atoms with van der Waals surface area (Å²) in [6.07, 6.45) is 3.84. The van der Waals surface area contributed by atoms with Gasteiger partial charge in [-0.05, 0) is 23.8 Å². The van der Waals surface area contributed by atoms with Crippen LogP contribution in [-0.4, -0.2) is 20.5 Å². The second kappa shape index (κ2) is 5.56. The highest BCUT2D eigenvalue weighted by atomic mass is 79.9. The maximum atomic E-state index is 10.2. The average molecular weight is 271 g/mol. The van der Waals surface area contributed by atoms with E-state index in [1.807, 2.05) is 0 Å². The summed E-state index contributed by atoms with van der Waals surface area (Å²) in [4.78, 5) is 10.2. The molecule has 1 rings (SSSR count). The molecule has 0 saturated heterocycles. The molecule has 15 heavy (non-hydrogen) atoms. The van der Waals surface area contributed by atoms with Crippen LogP contribution in [0.2, 0.25) is 0 Å². The highest BCUT2D eigenvalue weighted by Crippen LogP contribution is 2.33. The van der Waals surface area contributed by atoms with Gasteiger partial charge in [-0.2, -0.15) is 0 Å². The van der Waals surface area contributed by atoms with E-state index in [0.29, 0.717) is 11.5 Å². The first-order valence-corrected chi connectivity index (χ1v) is 5.05. The number of hydrogen-bond donors (Lipinski definition) is 0. The lowest BCUT2D eigenvalue weighted by Gasteiger charge is -2.09. The van der Waals surface area contributed by atoms with Crippen LogP contribution in [0.5, 0.6) is 11.5 Å². The minimum Gasteiger partial charge on any atom is -0.493 e. The van der Waals surface area contributed by atoms with Gasteiger partial charge in [-0.15, -0.1) is 0 Å². The van der Waals surface area contributed by atoms with Crippen molar-refractivity contribution in [3.8, 4) is 11.5 Å². The van der Waals surface area contributed by atoms with E-state index in [-0.39, 0.29) is 0 Å². The molecule has 0 fully saturated rings. The van der Waals surface area contributed by atoms with E-state index in [9.17, 15) is 4.79 Å². The lowest BCUT2D eigenvalue weighted by atomic mass is 10.2. The molecule has 0 unspecified atom stereocenters. The highest BCUT2D eigenvalue weighted by molar-refractivity contribution is 9.10. The van der Waals surface area contributed by atoms with E-state index >= 15 is 0 Å². The molecule has 1 aromatic carbocycles. The quantitative estimate of drug-likeness (QED) is 0.624. The molecule has 3 nitrogen and oxygen atoms in total. The van der Waals surface area contributed by atoms with E-state index in [2.05, 4.69) is 15.9 Å². The molecule has 0 heterocycles. The topological polar surface area (TPSA) is 35.5 Å². The monoisotopic (exact) mass is 270 g/mol. The van der Waals surface area contributed by atoms with E-state index < -0.39 is 0 Å². The Labute approximate surface area is 96.8 Å². The Morgan fingerprint density at radius 2 is 1.80 bits per heavy atom. The SMILES string of the molecule is COc1cc(Br)c(/C=C/C=O)cc1OC. The van der Waals surface area contributed by atoms with Crippen LogP contribution in [0.4, 0.5) is 0 Å². The van der Waals surface area contributed by atoms with Gasteiger partial charge in [-0.1, -0.05) is 22.0 Å². The normalized spacial score (nSPS) is 10.3. The fourth-order valence-corrected chi connectivity index (χ4v) is 1.60. The predicted molar refractivity (Wildman–Crippen MR) is 62.3 cm³/mol. The summed E-state index contributed by atoms with van der Waals surface area (Å²) in [6, 6.07) is 3.59. The molecule has 0 aliphatic rings. The molecule has 0 aliphatic carbocycles. The average Bonchev–Trinajstić information content (AvgIpc) is 2.27. The molecule has 1 aromatic rings. The zero-order valence-electron chi connectivity index (χ0n) is 8.49. The molecular formula is C11H11BrO3. The van der Waals surface area contributed by atoms with Crippen molar-refractivity contribution in [2.45, 2.75) is 0 Å². The van der Waals surface area contributed by atoms with Gasteiger partial charge in [0.05, 0.1) is 14.2 Å². The number of methoxy groups -OCH3 is 2. The zero-order chi connectivity index (χ0) is 11.3. The number of allylic oxidation sites excluding steroid dienone is 1. The Bertz CT molecular complexity index is 386. The largest absolute Gasteiger partial charge is 0.493 e. The number of rotatable bonds is 4. The van der Waals surface area contributed by atoms with E-state index in [1.54, 1.807) is 32.4 Å². The first kappa shape index (κ1) is 11.8. The number of ether oxygens (including phenoxy) is 2. The number of carbonyl (C=O) groups excluding carboxylic acids is 1. The van der Waals surface area contributed by atoms with Crippen molar-refractivity contribution in [2.75, 3.05) is 14.2 Å². The number of carbonyl (C=O) groups is 1. The molecule has 0 aromatic heterocycles. The lowest BCUT2D eigenvalue weighted by Crippen LogP contribution is -1.91. The molecule has 0 saturated carbocycles. The summed E-state index contributed by atoms with van der Waals surface area (Å²) < 4.78 is 11.1. The Kier molecular flexibility index (Phi) is 4.37. The third-order valence-corrected chi connectivity index (χ3v) is 2.54. The molecule has 0 amide bonds. The fraction of sp³-hybridized carbons (Fsp3) is 0.182. The predicted octanol–water partition coefficient (Wildman–Crippen LogP) is 2.68. The van der Waals surface area contributed by atoms with Crippen LogP contribution in [0.25, 0.3) is 6.08 Å². The van der Waals surface area contributed by atoms with Crippen LogP contribution in [0.1, 0.15) is 5.56 Å². The highest BCUT2D eigenvalue weighted by Gasteiger charge is 2.07. The summed E-state index contributed by atoms with van der Waals surface area (Å²) >= 11 is 3.38.